The number of aromatic amines is 1. The Balaban J connectivity index is 1.49. The summed E-state index contributed by atoms with van der Waals surface area (Å²) >= 11 is 6.67. The molecule has 1 saturated heterocycles. The SMILES string of the molecule is COc1cc(N2CCN(C)CC2)c([N+](=O)[O-])cc1N1C=C(Cl)C(c2c[nH]c3ccccc23)=NC1. The Labute approximate surface area is 202 Å². The van der Waals surface area contributed by atoms with Crippen LogP contribution >= 0.6 is 11.6 Å². The van der Waals surface area contributed by atoms with Gasteiger partial charge >= 0.3 is 0 Å². The predicted molar refractivity (Wildman–Crippen MR) is 135 cm³/mol. The molecule has 3 heterocycles. The average Bonchev–Trinajstić information content (AvgIpc) is 3.27. The normalized spacial score (nSPS) is 17.0. The lowest BCUT2D eigenvalue weighted by molar-refractivity contribution is -0.384. The van der Waals surface area contributed by atoms with Crippen molar-refractivity contribution < 1.29 is 9.66 Å². The predicted octanol–water partition coefficient (Wildman–Crippen LogP) is 4.18. The number of piperazine rings is 1. The third-order valence-electron chi connectivity index (χ3n) is 6.35. The van der Waals surface area contributed by atoms with E-state index in [0.717, 1.165) is 29.6 Å². The van der Waals surface area contributed by atoms with Crippen molar-refractivity contribution in [3.05, 3.63) is 69.5 Å². The maximum Gasteiger partial charge on any atom is 0.294 e. The summed E-state index contributed by atoms with van der Waals surface area (Å²) in [5.74, 6) is 0.533. The topological polar surface area (TPSA) is 90.2 Å². The molecule has 3 aromatic rings. The van der Waals surface area contributed by atoms with E-state index in [1.54, 1.807) is 30.3 Å². The number of aromatic nitrogens is 1. The van der Waals surface area contributed by atoms with Crippen molar-refractivity contribution in [2.75, 3.05) is 56.8 Å². The minimum atomic E-state index is -0.341. The lowest BCUT2D eigenvalue weighted by Crippen LogP contribution is -2.44. The van der Waals surface area contributed by atoms with Gasteiger partial charge in [-0.25, -0.2) is 0 Å². The number of allylic oxidation sites excluding steroid dienone is 1. The zero-order valence-electron chi connectivity index (χ0n) is 19.0. The number of nitrogens with zero attached hydrogens (tertiary/aromatic N) is 5. The van der Waals surface area contributed by atoms with Crippen LogP contribution in [-0.2, 0) is 0 Å². The zero-order chi connectivity index (χ0) is 23.8. The summed E-state index contributed by atoms with van der Waals surface area (Å²) < 4.78 is 5.65. The maximum absolute atomic E-state index is 12.0. The lowest BCUT2D eigenvalue weighted by atomic mass is 10.1. The minimum Gasteiger partial charge on any atom is -0.494 e. The van der Waals surface area contributed by atoms with E-state index < -0.39 is 0 Å². The molecule has 1 fully saturated rings. The van der Waals surface area contributed by atoms with Crippen LogP contribution in [0.25, 0.3) is 10.9 Å². The fourth-order valence-electron chi connectivity index (χ4n) is 4.47. The largest absolute Gasteiger partial charge is 0.494 e. The molecule has 34 heavy (non-hydrogen) atoms. The molecule has 1 N–H and O–H groups in total. The number of methoxy groups -OCH3 is 1. The van der Waals surface area contributed by atoms with E-state index in [1.165, 1.54) is 0 Å². The number of hydrogen-bond acceptors (Lipinski definition) is 7. The molecule has 0 saturated carbocycles. The molecular formula is C24H25ClN6O3. The van der Waals surface area contributed by atoms with Gasteiger partial charge in [-0.1, -0.05) is 29.8 Å². The Kier molecular flexibility index (Phi) is 5.89. The molecular weight excluding hydrogens is 456 g/mol. The smallest absolute Gasteiger partial charge is 0.294 e. The van der Waals surface area contributed by atoms with Gasteiger partial charge in [-0.3, -0.25) is 15.1 Å². The van der Waals surface area contributed by atoms with Gasteiger partial charge in [0, 0.05) is 67.2 Å². The molecule has 9 nitrogen and oxygen atoms in total. The van der Waals surface area contributed by atoms with Crippen molar-refractivity contribution in [3.63, 3.8) is 0 Å². The molecule has 0 aliphatic carbocycles. The van der Waals surface area contributed by atoms with E-state index in [9.17, 15) is 10.1 Å². The molecule has 0 amide bonds. The molecule has 2 aliphatic heterocycles. The van der Waals surface area contributed by atoms with Crippen LogP contribution < -0.4 is 14.5 Å². The number of nitrogens with one attached hydrogen (secondary N) is 1. The van der Waals surface area contributed by atoms with Crippen molar-refractivity contribution in [2.24, 2.45) is 4.99 Å². The quantitative estimate of drug-likeness (QED) is 0.435. The van der Waals surface area contributed by atoms with E-state index >= 15 is 0 Å². The highest BCUT2D eigenvalue weighted by molar-refractivity contribution is 6.47. The van der Waals surface area contributed by atoms with Gasteiger partial charge in [-0.05, 0) is 13.1 Å². The Morgan fingerprint density at radius 3 is 2.62 bits per heavy atom. The Morgan fingerprint density at radius 1 is 1.15 bits per heavy atom. The molecule has 1 aromatic heterocycles. The van der Waals surface area contributed by atoms with E-state index in [0.29, 0.717) is 41.0 Å². The first kappa shape index (κ1) is 22.2. The maximum atomic E-state index is 12.0. The molecule has 0 bridgehead atoms. The van der Waals surface area contributed by atoms with Crippen LogP contribution in [0.2, 0.25) is 0 Å². The number of H-pyrrole nitrogens is 1. The van der Waals surface area contributed by atoms with Gasteiger partial charge in [-0.15, -0.1) is 0 Å². The zero-order valence-corrected chi connectivity index (χ0v) is 19.7. The number of anilines is 2. The van der Waals surface area contributed by atoms with Crippen molar-refractivity contribution in [1.29, 1.82) is 0 Å². The number of nitro groups is 1. The van der Waals surface area contributed by atoms with Gasteiger partial charge in [0.05, 0.1) is 28.5 Å². The van der Waals surface area contributed by atoms with Gasteiger partial charge in [0.1, 0.15) is 18.1 Å². The standard InChI is InChI=1S/C24H25ClN6O3/c1-28-7-9-29(10-8-28)20-12-23(34-2)22(11-21(20)31(32)33)30-14-18(25)24(27-15-30)17-13-26-19-6-4-3-5-16(17)19/h3-6,11-14,26H,7-10,15H2,1-2H3. The first-order chi connectivity index (χ1) is 16.5. The fraction of sp³-hybridized carbons (Fsp3) is 0.292. The molecule has 5 rings (SSSR count). The summed E-state index contributed by atoms with van der Waals surface area (Å²) in [6, 6.07) is 11.3. The number of likely N-dealkylation sites (N-methyl/N-ethyl adjacent to an activating group) is 1. The van der Waals surface area contributed by atoms with Crippen LogP contribution in [0.5, 0.6) is 5.75 Å². The van der Waals surface area contributed by atoms with Crippen LogP contribution in [-0.4, -0.2) is 67.5 Å². The van der Waals surface area contributed by atoms with Gasteiger partial charge in [-0.2, -0.15) is 0 Å². The number of nitro benzene ring substituents is 1. The number of rotatable bonds is 5. The van der Waals surface area contributed by atoms with Gasteiger partial charge in [0.25, 0.3) is 5.69 Å². The summed E-state index contributed by atoms with van der Waals surface area (Å²) in [6.07, 6.45) is 3.65. The van der Waals surface area contributed by atoms with Crippen LogP contribution in [0.4, 0.5) is 17.1 Å². The highest BCUT2D eigenvalue weighted by Gasteiger charge is 2.28. The third kappa shape index (κ3) is 3.97. The van der Waals surface area contributed by atoms with Crippen molar-refractivity contribution in [3.8, 4) is 5.75 Å². The Hall–Kier alpha value is -3.56. The molecule has 2 aromatic carbocycles. The molecule has 0 spiro atoms. The van der Waals surface area contributed by atoms with Crippen LogP contribution in [0.15, 0.2) is 58.8 Å². The highest BCUT2D eigenvalue weighted by atomic mass is 35.5. The fourth-order valence-corrected chi connectivity index (χ4v) is 4.75. The third-order valence-corrected chi connectivity index (χ3v) is 6.62. The van der Waals surface area contributed by atoms with E-state index in [2.05, 4.69) is 9.88 Å². The monoisotopic (exact) mass is 480 g/mol. The van der Waals surface area contributed by atoms with Crippen molar-refractivity contribution >= 4 is 45.3 Å². The molecule has 0 atom stereocenters. The number of aliphatic imine (C=N–C) groups is 1. The van der Waals surface area contributed by atoms with Crippen LogP contribution in [0.3, 0.4) is 0 Å². The first-order valence-electron chi connectivity index (χ1n) is 11.0. The van der Waals surface area contributed by atoms with E-state index in [-0.39, 0.29) is 17.3 Å². The molecule has 176 valence electrons. The Morgan fingerprint density at radius 2 is 1.91 bits per heavy atom. The molecule has 10 heteroatoms. The number of benzene rings is 2. The average molecular weight is 481 g/mol. The summed E-state index contributed by atoms with van der Waals surface area (Å²) in [5, 5.41) is 13.5. The summed E-state index contributed by atoms with van der Waals surface area (Å²) in [5.41, 5.74) is 3.75. The minimum absolute atomic E-state index is 0.0382. The van der Waals surface area contributed by atoms with E-state index in [1.807, 2.05) is 42.4 Å². The van der Waals surface area contributed by atoms with Crippen LogP contribution in [0, 0.1) is 10.1 Å². The van der Waals surface area contributed by atoms with Gasteiger partial charge in [0.2, 0.25) is 0 Å². The molecule has 0 radical (unpaired) electrons. The summed E-state index contributed by atoms with van der Waals surface area (Å²) in [6.45, 7) is 3.38. The first-order valence-corrected chi connectivity index (χ1v) is 11.4. The second-order valence-corrected chi connectivity index (χ2v) is 8.81. The number of fused-ring (bicyclic) bond motifs is 1. The van der Waals surface area contributed by atoms with Crippen LogP contribution in [0.1, 0.15) is 5.56 Å². The number of hydrogen-bond donors (Lipinski definition) is 1. The van der Waals surface area contributed by atoms with E-state index in [4.69, 9.17) is 21.3 Å². The number of halogens is 1. The second kappa shape index (κ2) is 9.00. The number of para-hydroxylation sites is 1. The summed E-state index contributed by atoms with van der Waals surface area (Å²) in [4.78, 5) is 25.6. The van der Waals surface area contributed by atoms with Crippen molar-refractivity contribution in [1.82, 2.24) is 9.88 Å². The Bertz CT molecular complexity index is 1310. The second-order valence-electron chi connectivity index (χ2n) is 8.40. The highest BCUT2D eigenvalue weighted by Crippen LogP contribution is 2.41. The van der Waals surface area contributed by atoms with Gasteiger partial charge < -0.3 is 24.4 Å². The summed E-state index contributed by atoms with van der Waals surface area (Å²) in [7, 11) is 3.61. The van der Waals surface area contributed by atoms with Crippen molar-refractivity contribution in [2.45, 2.75) is 0 Å². The molecule has 2 aliphatic rings. The number of ether oxygens (including phenoxy) is 1. The van der Waals surface area contributed by atoms with Gasteiger partial charge in [0.15, 0.2) is 0 Å². The lowest BCUT2D eigenvalue weighted by Gasteiger charge is -2.34. The molecule has 0 unspecified atom stereocenters.